The maximum Gasteiger partial charge on any atom is 0.182 e. The van der Waals surface area contributed by atoms with Crippen LogP contribution in [-0.4, -0.2) is 34.9 Å². The molecule has 3 aromatic heterocycles. The molecular formula is C57H43N7. The molecule has 4 fully saturated rings. The van der Waals surface area contributed by atoms with E-state index in [1.807, 2.05) is 127 Å². The quantitative estimate of drug-likeness (QED) is 0.158. The van der Waals surface area contributed by atoms with Crippen LogP contribution < -0.4 is 0 Å². The topological polar surface area (TPSA) is 90.2 Å². The predicted octanol–water partition coefficient (Wildman–Crippen LogP) is 12.8. The molecule has 3 heterocycles. The molecule has 0 aliphatic heterocycles. The third-order valence-electron chi connectivity index (χ3n) is 14.6. The lowest BCUT2D eigenvalue weighted by Crippen LogP contribution is -2.55. The number of hydrogen-bond donors (Lipinski definition) is 0. The molecule has 5 aliphatic rings. The van der Waals surface area contributed by atoms with E-state index in [4.69, 9.17) is 34.9 Å². The monoisotopic (exact) mass is 825 g/mol. The average molecular weight is 826 g/mol. The van der Waals surface area contributed by atoms with Gasteiger partial charge in [0.05, 0.1) is 5.69 Å². The predicted molar refractivity (Wildman–Crippen MR) is 252 cm³/mol. The second kappa shape index (κ2) is 14.8. The van der Waals surface area contributed by atoms with Crippen molar-refractivity contribution in [2.45, 2.75) is 37.5 Å². The SMILES string of the molecule is c1ccc(-c2nc(-c3ccccc3)nc(-c3cc(-c4ccc5c(c4)-c4ccccc4C54C5CC6CC(C5)CC4C6)nc(-c4nc(-c5ccccc5)nc(-c5ccccc5)n4)c3)n2)cc1. The van der Waals surface area contributed by atoms with Crippen LogP contribution in [0.4, 0.5) is 0 Å². The number of aromatic nitrogens is 7. The minimum atomic E-state index is 0.0808. The molecule has 5 aliphatic carbocycles. The molecule has 9 aromatic rings. The fourth-order valence-corrected chi connectivity index (χ4v) is 12.1. The van der Waals surface area contributed by atoms with Crippen molar-refractivity contribution < 1.29 is 0 Å². The fraction of sp³-hybridized carbons (Fsp3) is 0.175. The molecule has 6 aromatic carbocycles. The molecule has 7 nitrogen and oxygen atoms in total. The van der Waals surface area contributed by atoms with Crippen molar-refractivity contribution in [1.29, 1.82) is 0 Å². The van der Waals surface area contributed by atoms with Gasteiger partial charge in [-0.15, -0.1) is 0 Å². The van der Waals surface area contributed by atoms with Crippen LogP contribution >= 0.6 is 0 Å². The van der Waals surface area contributed by atoms with Gasteiger partial charge in [-0.05, 0) is 96.2 Å². The third-order valence-corrected chi connectivity index (χ3v) is 14.6. The maximum atomic E-state index is 5.46. The van der Waals surface area contributed by atoms with E-state index in [1.165, 1.54) is 54.4 Å². The second-order valence-electron chi connectivity index (χ2n) is 18.2. The first-order valence-corrected chi connectivity index (χ1v) is 22.7. The van der Waals surface area contributed by atoms with Gasteiger partial charge in [0, 0.05) is 38.8 Å². The first-order chi connectivity index (χ1) is 31.6. The first-order valence-electron chi connectivity index (χ1n) is 22.7. The Balaban J connectivity index is 1.03. The summed E-state index contributed by atoms with van der Waals surface area (Å²) in [6, 6.07) is 61.0. The zero-order valence-electron chi connectivity index (χ0n) is 35.2. The lowest BCUT2D eigenvalue weighted by Gasteiger charge is -2.61. The number of nitrogens with zero attached hydrogens (tertiary/aromatic N) is 7. The third kappa shape index (κ3) is 6.05. The van der Waals surface area contributed by atoms with E-state index in [0.29, 0.717) is 52.5 Å². The zero-order chi connectivity index (χ0) is 42.2. The highest BCUT2D eigenvalue weighted by Crippen LogP contribution is 2.69. The number of hydrogen-bond acceptors (Lipinski definition) is 7. The van der Waals surface area contributed by atoms with E-state index in [2.05, 4.69) is 48.5 Å². The highest BCUT2D eigenvalue weighted by atomic mass is 15.1. The Kier molecular flexibility index (Phi) is 8.58. The largest absolute Gasteiger partial charge is 0.244 e. The van der Waals surface area contributed by atoms with Crippen molar-refractivity contribution in [1.82, 2.24) is 34.9 Å². The minimum absolute atomic E-state index is 0.0808. The summed E-state index contributed by atoms with van der Waals surface area (Å²) in [5.74, 6) is 6.49. The van der Waals surface area contributed by atoms with E-state index < -0.39 is 0 Å². The Morgan fingerprint density at radius 2 is 0.703 bits per heavy atom. The summed E-state index contributed by atoms with van der Waals surface area (Å²) in [6.07, 6.45) is 6.82. The van der Waals surface area contributed by atoms with Gasteiger partial charge in [0.25, 0.3) is 0 Å². The van der Waals surface area contributed by atoms with Crippen LogP contribution in [0.15, 0.2) is 176 Å². The van der Waals surface area contributed by atoms with E-state index in [-0.39, 0.29) is 5.41 Å². The van der Waals surface area contributed by atoms with Crippen molar-refractivity contribution in [3.63, 3.8) is 0 Å². The van der Waals surface area contributed by atoms with Crippen molar-refractivity contribution in [3.05, 3.63) is 187 Å². The normalized spacial score (nSPS) is 21.2. The van der Waals surface area contributed by atoms with E-state index in [1.54, 1.807) is 0 Å². The lowest BCUT2D eigenvalue weighted by atomic mass is 9.43. The van der Waals surface area contributed by atoms with Gasteiger partial charge in [-0.25, -0.2) is 34.9 Å². The molecule has 0 unspecified atom stereocenters. The number of pyridine rings is 1. The molecule has 0 amide bonds. The molecule has 0 saturated heterocycles. The molecule has 14 rings (SSSR count). The van der Waals surface area contributed by atoms with Crippen LogP contribution in [0, 0.1) is 23.7 Å². The smallest absolute Gasteiger partial charge is 0.182 e. The molecular weight excluding hydrogens is 783 g/mol. The summed E-state index contributed by atoms with van der Waals surface area (Å²) < 4.78 is 0. The van der Waals surface area contributed by atoms with Crippen LogP contribution in [-0.2, 0) is 5.41 Å². The summed E-state index contributed by atoms with van der Waals surface area (Å²) in [5, 5.41) is 0. The molecule has 7 heteroatoms. The Hall–Kier alpha value is -7.51. The van der Waals surface area contributed by atoms with E-state index >= 15 is 0 Å². The van der Waals surface area contributed by atoms with Gasteiger partial charge in [-0.1, -0.05) is 158 Å². The highest BCUT2D eigenvalue weighted by molar-refractivity contribution is 5.86. The van der Waals surface area contributed by atoms with E-state index in [9.17, 15) is 0 Å². The summed E-state index contributed by atoms with van der Waals surface area (Å²) >= 11 is 0. The molecule has 4 bridgehead atoms. The van der Waals surface area contributed by atoms with Crippen molar-refractivity contribution in [2.24, 2.45) is 23.7 Å². The molecule has 306 valence electrons. The molecule has 0 radical (unpaired) electrons. The molecule has 1 spiro atoms. The van der Waals surface area contributed by atoms with Gasteiger partial charge in [0.1, 0.15) is 5.69 Å². The first kappa shape index (κ1) is 37.1. The Labute approximate surface area is 372 Å². The van der Waals surface area contributed by atoms with Crippen molar-refractivity contribution >= 4 is 0 Å². The Bertz CT molecular complexity index is 2940. The standard InChI is InChI=1S/C57H43N7/c1-5-15-37(16-6-1)51-59-52(38-17-7-2-8-18-38)62-55(61-51)42-33-49(58-50(34-42)56-63-53(39-19-9-3-10-20-39)60-54(64-56)40-21-11-4-12-22-40)41-25-26-48-46(32-41)45-23-13-14-24-47(45)57(48)43-28-35-27-36(30-43)31-44(57)29-35/h1-26,32-36,43-44H,27-31H2. The van der Waals surface area contributed by atoms with Gasteiger partial charge in [0.2, 0.25) is 0 Å². The van der Waals surface area contributed by atoms with Crippen LogP contribution in [0.3, 0.4) is 0 Å². The van der Waals surface area contributed by atoms with Crippen molar-refractivity contribution in [2.75, 3.05) is 0 Å². The van der Waals surface area contributed by atoms with Gasteiger partial charge in [-0.3, -0.25) is 0 Å². The minimum Gasteiger partial charge on any atom is -0.244 e. The number of fused-ring (bicyclic) bond motifs is 3. The number of rotatable bonds is 7. The van der Waals surface area contributed by atoms with Crippen molar-refractivity contribution in [3.8, 4) is 90.8 Å². The van der Waals surface area contributed by atoms with Crippen LogP contribution in [0.2, 0.25) is 0 Å². The average Bonchev–Trinajstić information content (AvgIpc) is 3.66. The van der Waals surface area contributed by atoms with E-state index in [0.717, 1.165) is 50.9 Å². The molecule has 0 N–H and O–H groups in total. The molecule has 4 saturated carbocycles. The summed E-state index contributed by atoms with van der Waals surface area (Å²) in [6.45, 7) is 0. The van der Waals surface area contributed by atoms with Gasteiger partial charge >= 0.3 is 0 Å². The summed E-state index contributed by atoms with van der Waals surface area (Å²) in [4.78, 5) is 36.1. The zero-order valence-corrected chi connectivity index (χ0v) is 35.2. The van der Waals surface area contributed by atoms with Gasteiger partial charge < -0.3 is 0 Å². The Morgan fingerprint density at radius 3 is 1.20 bits per heavy atom. The Morgan fingerprint density at radius 1 is 0.297 bits per heavy atom. The van der Waals surface area contributed by atoms with Crippen LogP contribution in [0.5, 0.6) is 0 Å². The maximum absolute atomic E-state index is 5.46. The highest BCUT2D eigenvalue weighted by Gasteiger charge is 2.61. The molecule has 64 heavy (non-hydrogen) atoms. The second-order valence-corrected chi connectivity index (χ2v) is 18.2. The van der Waals surface area contributed by atoms with Gasteiger partial charge in [-0.2, -0.15) is 0 Å². The number of benzene rings is 6. The summed E-state index contributed by atoms with van der Waals surface area (Å²) in [5.41, 5.74) is 12.7. The summed E-state index contributed by atoms with van der Waals surface area (Å²) in [7, 11) is 0. The fourth-order valence-electron chi connectivity index (χ4n) is 12.1. The lowest BCUT2D eigenvalue weighted by molar-refractivity contribution is -0.0399. The van der Waals surface area contributed by atoms with Gasteiger partial charge in [0.15, 0.2) is 34.9 Å². The van der Waals surface area contributed by atoms with Crippen LogP contribution in [0.1, 0.15) is 43.2 Å². The van der Waals surface area contributed by atoms with Crippen LogP contribution in [0.25, 0.3) is 90.8 Å². The molecule has 0 atom stereocenters.